The van der Waals surface area contributed by atoms with Crippen LogP contribution in [0.3, 0.4) is 0 Å². The Kier molecular flexibility index (Phi) is 5.96. The van der Waals surface area contributed by atoms with Gasteiger partial charge in [-0.3, -0.25) is 4.79 Å². The molecule has 3 heterocycles. The molecule has 0 bridgehead atoms. The summed E-state index contributed by atoms with van der Waals surface area (Å²) in [4.78, 5) is 27.6. The van der Waals surface area contributed by atoms with Crippen molar-refractivity contribution in [3.05, 3.63) is 42.0 Å². The molecule has 1 saturated carbocycles. The minimum Gasteiger partial charge on any atom is -0.474 e. The Bertz CT molecular complexity index is 787. The summed E-state index contributed by atoms with van der Waals surface area (Å²) in [6.07, 6.45) is 8.09. The van der Waals surface area contributed by atoms with Gasteiger partial charge in [0.15, 0.2) is 0 Å². The standard InChI is InChI=1S/C20H25N5O3/c26-20(15-5-6-19(22-13-15)28-16-3-1-2-4-16)23-14-17-21-8-7-18(24-17)25-9-11-27-12-10-25/h5-8,13,16H,1-4,9-12,14H2,(H,23,26). The second kappa shape index (κ2) is 8.97. The van der Waals surface area contributed by atoms with Crippen molar-refractivity contribution >= 4 is 11.7 Å². The van der Waals surface area contributed by atoms with Crippen molar-refractivity contribution < 1.29 is 14.3 Å². The molecule has 0 radical (unpaired) electrons. The molecule has 1 aliphatic heterocycles. The lowest BCUT2D eigenvalue weighted by molar-refractivity contribution is 0.0949. The lowest BCUT2D eigenvalue weighted by atomic mass is 10.2. The number of rotatable bonds is 6. The number of carbonyl (C=O) groups is 1. The van der Waals surface area contributed by atoms with Gasteiger partial charge in [-0.1, -0.05) is 0 Å². The molecule has 148 valence electrons. The van der Waals surface area contributed by atoms with Gasteiger partial charge in [0.05, 0.1) is 25.3 Å². The van der Waals surface area contributed by atoms with Gasteiger partial charge in [-0.2, -0.15) is 0 Å². The van der Waals surface area contributed by atoms with Gasteiger partial charge in [-0.15, -0.1) is 0 Å². The zero-order chi connectivity index (χ0) is 19.2. The van der Waals surface area contributed by atoms with Crippen molar-refractivity contribution in [1.29, 1.82) is 0 Å². The molecule has 0 unspecified atom stereocenters. The summed E-state index contributed by atoms with van der Waals surface area (Å²) >= 11 is 0. The quantitative estimate of drug-likeness (QED) is 0.815. The average Bonchev–Trinajstić information content (AvgIpc) is 3.26. The van der Waals surface area contributed by atoms with Gasteiger partial charge in [0, 0.05) is 31.5 Å². The van der Waals surface area contributed by atoms with Gasteiger partial charge in [-0.25, -0.2) is 15.0 Å². The molecule has 0 aromatic carbocycles. The molecule has 8 heteroatoms. The molecule has 8 nitrogen and oxygen atoms in total. The number of nitrogens with one attached hydrogen (secondary N) is 1. The maximum Gasteiger partial charge on any atom is 0.253 e. The lowest BCUT2D eigenvalue weighted by Gasteiger charge is -2.27. The van der Waals surface area contributed by atoms with Crippen LogP contribution in [-0.4, -0.2) is 53.3 Å². The van der Waals surface area contributed by atoms with E-state index in [2.05, 4.69) is 25.2 Å². The number of aromatic nitrogens is 3. The Morgan fingerprint density at radius 3 is 2.75 bits per heavy atom. The smallest absolute Gasteiger partial charge is 0.253 e. The first-order valence-corrected chi connectivity index (χ1v) is 9.83. The maximum atomic E-state index is 12.4. The molecule has 1 amide bonds. The van der Waals surface area contributed by atoms with Crippen LogP contribution in [0.2, 0.25) is 0 Å². The molecule has 1 N–H and O–H groups in total. The van der Waals surface area contributed by atoms with E-state index in [4.69, 9.17) is 9.47 Å². The Morgan fingerprint density at radius 2 is 2.00 bits per heavy atom. The van der Waals surface area contributed by atoms with E-state index in [1.54, 1.807) is 24.5 Å². The predicted octanol–water partition coefficient (Wildman–Crippen LogP) is 1.96. The van der Waals surface area contributed by atoms with Crippen LogP contribution in [0.5, 0.6) is 5.88 Å². The first-order chi connectivity index (χ1) is 13.8. The van der Waals surface area contributed by atoms with E-state index in [0.717, 1.165) is 31.7 Å². The van der Waals surface area contributed by atoms with Crippen molar-refractivity contribution in [3.8, 4) is 5.88 Å². The van der Waals surface area contributed by atoms with Gasteiger partial charge in [0.2, 0.25) is 5.88 Å². The van der Waals surface area contributed by atoms with Crippen LogP contribution in [0.1, 0.15) is 41.9 Å². The number of amides is 1. The molecule has 4 rings (SSSR count). The van der Waals surface area contributed by atoms with Gasteiger partial charge >= 0.3 is 0 Å². The van der Waals surface area contributed by atoms with Gasteiger partial charge in [0.25, 0.3) is 5.91 Å². The van der Waals surface area contributed by atoms with Crippen molar-refractivity contribution in [1.82, 2.24) is 20.3 Å². The fraction of sp³-hybridized carbons (Fsp3) is 0.500. The highest BCUT2D eigenvalue weighted by molar-refractivity contribution is 5.93. The van der Waals surface area contributed by atoms with E-state index in [0.29, 0.717) is 30.5 Å². The van der Waals surface area contributed by atoms with E-state index in [1.165, 1.54) is 12.8 Å². The van der Waals surface area contributed by atoms with Crippen LogP contribution in [0.15, 0.2) is 30.6 Å². The van der Waals surface area contributed by atoms with Gasteiger partial charge in [-0.05, 0) is 37.8 Å². The highest BCUT2D eigenvalue weighted by atomic mass is 16.5. The minimum absolute atomic E-state index is 0.208. The molecule has 2 fully saturated rings. The molecule has 1 saturated heterocycles. The van der Waals surface area contributed by atoms with Crippen LogP contribution >= 0.6 is 0 Å². The van der Waals surface area contributed by atoms with Crippen LogP contribution in [-0.2, 0) is 11.3 Å². The first-order valence-electron chi connectivity index (χ1n) is 9.83. The molecule has 2 aromatic heterocycles. The number of anilines is 1. The Balaban J connectivity index is 1.31. The van der Waals surface area contributed by atoms with Crippen molar-refractivity contribution in [2.75, 3.05) is 31.2 Å². The third-order valence-electron chi connectivity index (χ3n) is 5.02. The number of pyridine rings is 1. The number of hydrogen-bond acceptors (Lipinski definition) is 7. The number of morpholine rings is 1. The summed E-state index contributed by atoms with van der Waals surface area (Å²) in [7, 11) is 0. The minimum atomic E-state index is -0.208. The summed E-state index contributed by atoms with van der Waals surface area (Å²) in [6.45, 7) is 3.28. The Labute approximate surface area is 164 Å². The van der Waals surface area contributed by atoms with Gasteiger partial charge < -0.3 is 19.7 Å². The molecule has 2 aromatic rings. The second-order valence-electron chi connectivity index (χ2n) is 7.02. The topological polar surface area (TPSA) is 89.5 Å². The van der Waals surface area contributed by atoms with Crippen LogP contribution in [0.25, 0.3) is 0 Å². The zero-order valence-corrected chi connectivity index (χ0v) is 15.8. The highest BCUT2D eigenvalue weighted by Crippen LogP contribution is 2.22. The van der Waals surface area contributed by atoms with E-state index < -0.39 is 0 Å². The normalized spacial score (nSPS) is 17.5. The van der Waals surface area contributed by atoms with Crippen molar-refractivity contribution in [2.24, 2.45) is 0 Å². The predicted molar refractivity (Wildman–Crippen MR) is 103 cm³/mol. The number of carbonyl (C=O) groups excluding carboxylic acids is 1. The summed E-state index contributed by atoms with van der Waals surface area (Å²) in [5, 5.41) is 2.85. The number of ether oxygens (including phenoxy) is 2. The maximum absolute atomic E-state index is 12.4. The number of hydrogen-bond donors (Lipinski definition) is 1. The zero-order valence-electron chi connectivity index (χ0n) is 15.8. The third kappa shape index (κ3) is 4.75. The fourth-order valence-electron chi connectivity index (χ4n) is 3.46. The SMILES string of the molecule is O=C(NCc1nccc(N2CCOCC2)n1)c1ccc(OC2CCCC2)nc1. The summed E-state index contributed by atoms with van der Waals surface area (Å²) < 4.78 is 11.2. The van der Waals surface area contributed by atoms with E-state index in [-0.39, 0.29) is 18.6 Å². The van der Waals surface area contributed by atoms with E-state index >= 15 is 0 Å². The third-order valence-corrected chi connectivity index (χ3v) is 5.02. The Hall–Kier alpha value is -2.74. The molecular weight excluding hydrogens is 358 g/mol. The lowest BCUT2D eigenvalue weighted by Crippen LogP contribution is -2.37. The molecule has 0 atom stereocenters. The van der Waals surface area contributed by atoms with Gasteiger partial charge in [0.1, 0.15) is 17.7 Å². The molecular formula is C20H25N5O3. The molecule has 2 aliphatic rings. The summed E-state index contributed by atoms with van der Waals surface area (Å²) in [5.41, 5.74) is 0.489. The molecule has 28 heavy (non-hydrogen) atoms. The largest absolute Gasteiger partial charge is 0.474 e. The van der Waals surface area contributed by atoms with E-state index in [1.807, 2.05) is 6.07 Å². The van der Waals surface area contributed by atoms with E-state index in [9.17, 15) is 4.79 Å². The first kappa shape index (κ1) is 18.6. The Morgan fingerprint density at radius 1 is 1.18 bits per heavy atom. The van der Waals surface area contributed by atoms with Crippen molar-refractivity contribution in [2.45, 2.75) is 38.3 Å². The summed E-state index contributed by atoms with van der Waals surface area (Å²) in [5.74, 6) is 1.80. The van der Waals surface area contributed by atoms with Crippen molar-refractivity contribution in [3.63, 3.8) is 0 Å². The van der Waals surface area contributed by atoms with Crippen LogP contribution in [0, 0.1) is 0 Å². The van der Waals surface area contributed by atoms with Crippen LogP contribution < -0.4 is 15.0 Å². The molecule has 0 spiro atoms. The van der Waals surface area contributed by atoms with Crippen LogP contribution in [0.4, 0.5) is 5.82 Å². The average molecular weight is 383 g/mol. The fourth-order valence-corrected chi connectivity index (χ4v) is 3.46. The number of nitrogens with zero attached hydrogens (tertiary/aromatic N) is 4. The highest BCUT2D eigenvalue weighted by Gasteiger charge is 2.17. The monoisotopic (exact) mass is 383 g/mol. The molecule has 1 aliphatic carbocycles. The second-order valence-corrected chi connectivity index (χ2v) is 7.02. The summed E-state index contributed by atoms with van der Waals surface area (Å²) in [6, 6.07) is 5.37.